The molecule has 9 heteroatoms. The first kappa shape index (κ1) is 15.7. The molecule has 0 saturated carbocycles. The summed E-state index contributed by atoms with van der Waals surface area (Å²) in [6.07, 6.45) is 0.565. The summed E-state index contributed by atoms with van der Waals surface area (Å²) < 4.78 is 32.0. The molecule has 2 rings (SSSR count). The maximum Gasteiger partial charge on any atom is 0.312 e. The van der Waals surface area contributed by atoms with Crippen molar-refractivity contribution in [1.29, 1.82) is 0 Å². The Morgan fingerprint density at radius 1 is 1.52 bits per heavy atom. The van der Waals surface area contributed by atoms with Gasteiger partial charge in [0.15, 0.2) is 4.90 Å². The van der Waals surface area contributed by atoms with E-state index in [-0.39, 0.29) is 36.4 Å². The monoisotopic (exact) mass is 315 g/mol. The number of anilines is 1. The van der Waals surface area contributed by atoms with E-state index in [9.17, 15) is 18.5 Å². The quantitative estimate of drug-likeness (QED) is 0.503. The number of nitrogen functional groups attached to an aromatic ring is 1. The molecular formula is C12H17N3O5S. The number of nitrogens with zero attached hydrogens (tertiary/aromatic N) is 2. The predicted molar refractivity (Wildman–Crippen MR) is 76.3 cm³/mol. The number of hydrogen-bond acceptors (Lipinski definition) is 6. The van der Waals surface area contributed by atoms with E-state index >= 15 is 0 Å². The summed E-state index contributed by atoms with van der Waals surface area (Å²) in [5, 5.41) is 11.1. The van der Waals surface area contributed by atoms with Gasteiger partial charge in [-0.15, -0.1) is 0 Å². The van der Waals surface area contributed by atoms with E-state index < -0.39 is 20.6 Å². The van der Waals surface area contributed by atoms with Crippen molar-refractivity contribution in [2.45, 2.75) is 24.3 Å². The van der Waals surface area contributed by atoms with Crippen LogP contribution in [0, 0.1) is 10.1 Å². The summed E-state index contributed by atoms with van der Waals surface area (Å²) in [5.41, 5.74) is 4.83. The molecule has 2 N–H and O–H groups in total. The SMILES string of the molecule is CCC1COCCN1S(=O)(=O)c1cccc(N)c1[N+](=O)[O-]. The molecule has 1 aliphatic rings. The fraction of sp³-hybridized carbons (Fsp3) is 0.500. The molecule has 1 heterocycles. The molecule has 21 heavy (non-hydrogen) atoms. The van der Waals surface area contributed by atoms with Crippen molar-refractivity contribution in [3.63, 3.8) is 0 Å². The molecule has 1 saturated heterocycles. The zero-order valence-corrected chi connectivity index (χ0v) is 12.4. The van der Waals surface area contributed by atoms with Gasteiger partial charge in [0, 0.05) is 12.6 Å². The van der Waals surface area contributed by atoms with Crippen molar-refractivity contribution in [2.75, 3.05) is 25.5 Å². The van der Waals surface area contributed by atoms with E-state index in [0.717, 1.165) is 0 Å². The highest BCUT2D eigenvalue weighted by Crippen LogP contribution is 2.33. The van der Waals surface area contributed by atoms with E-state index in [2.05, 4.69) is 0 Å². The van der Waals surface area contributed by atoms with Crippen molar-refractivity contribution >= 4 is 21.4 Å². The highest BCUT2D eigenvalue weighted by Gasteiger charge is 2.37. The number of ether oxygens (including phenoxy) is 1. The molecule has 116 valence electrons. The minimum Gasteiger partial charge on any atom is -0.393 e. The zero-order valence-electron chi connectivity index (χ0n) is 11.6. The Morgan fingerprint density at radius 3 is 2.86 bits per heavy atom. The molecule has 0 radical (unpaired) electrons. The normalized spacial score (nSPS) is 20.3. The topological polar surface area (TPSA) is 116 Å². The largest absolute Gasteiger partial charge is 0.393 e. The summed E-state index contributed by atoms with van der Waals surface area (Å²) in [4.78, 5) is 10.0. The van der Waals surface area contributed by atoms with Gasteiger partial charge in [-0.2, -0.15) is 4.31 Å². The summed E-state index contributed by atoms with van der Waals surface area (Å²) in [6.45, 7) is 2.57. The maximum atomic E-state index is 12.7. The molecule has 0 amide bonds. The molecule has 1 aromatic rings. The second-order valence-electron chi connectivity index (χ2n) is 4.70. The first-order valence-electron chi connectivity index (χ1n) is 6.52. The lowest BCUT2D eigenvalue weighted by Gasteiger charge is -2.33. The summed E-state index contributed by atoms with van der Waals surface area (Å²) in [7, 11) is -3.99. The highest BCUT2D eigenvalue weighted by molar-refractivity contribution is 7.89. The Bertz CT molecular complexity index is 646. The van der Waals surface area contributed by atoms with Crippen LogP contribution < -0.4 is 5.73 Å². The van der Waals surface area contributed by atoms with Gasteiger partial charge in [0.2, 0.25) is 10.0 Å². The Hall–Kier alpha value is -1.71. The molecule has 0 bridgehead atoms. The molecule has 0 spiro atoms. The first-order valence-corrected chi connectivity index (χ1v) is 7.96. The predicted octanol–water partition coefficient (Wildman–Crippen LogP) is 0.977. The summed E-state index contributed by atoms with van der Waals surface area (Å²) >= 11 is 0. The summed E-state index contributed by atoms with van der Waals surface area (Å²) in [6, 6.07) is 3.60. The van der Waals surface area contributed by atoms with Crippen molar-refractivity contribution < 1.29 is 18.1 Å². The number of rotatable bonds is 4. The third kappa shape index (κ3) is 2.85. The van der Waals surface area contributed by atoms with Crippen LogP contribution in [0.4, 0.5) is 11.4 Å². The minimum absolute atomic E-state index is 0.164. The van der Waals surface area contributed by atoms with E-state index in [1.807, 2.05) is 6.92 Å². The van der Waals surface area contributed by atoms with Crippen molar-refractivity contribution in [1.82, 2.24) is 4.31 Å². The Labute approximate surface area is 122 Å². The molecule has 1 aliphatic heterocycles. The lowest BCUT2D eigenvalue weighted by Crippen LogP contribution is -2.48. The van der Waals surface area contributed by atoms with E-state index in [4.69, 9.17) is 10.5 Å². The van der Waals surface area contributed by atoms with Crippen LogP contribution >= 0.6 is 0 Å². The average molecular weight is 315 g/mol. The first-order chi connectivity index (χ1) is 9.89. The number of para-hydroxylation sites is 1. The lowest BCUT2D eigenvalue weighted by molar-refractivity contribution is -0.386. The second-order valence-corrected chi connectivity index (χ2v) is 6.56. The molecular weight excluding hydrogens is 298 g/mol. The van der Waals surface area contributed by atoms with Crippen LogP contribution in [-0.4, -0.2) is 43.4 Å². The number of morpholine rings is 1. The number of benzene rings is 1. The molecule has 1 atom stereocenters. The van der Waals surface area contributed by atoms with Gasteiger partial charge in [0.05, 0.1) is 18.1 Å². The van der Waals surface area contributed by atoms with Crippen LogP contribution in [0.25, 0.3) is 0 Å². The second kappa shape index (κ2) is 5.96. The average Bonchev–Trinajstić information content (AvgIpc) is 2.46. The molecule has 0 aliphatic carbocycles. The van der Waals surface area contributed by atoms with Gasteiger partial charge in [-0.3, -0.25) is 10.1 Å². The minimum atomic E-state index is -3.99. The third-order valence-corrected chi connectivity index (χ3v) is 5.43. The zero-order chi connectivity index (χ0) is 15.6. The molecule has 1 aromatic carbocycles. The molecule has 0 aromatic heterocycles. The van der Waals surface area contributed by atoms with Gasteiger partial charge in [-0.1, -0.05) is 13.0 Å². The van der Waals surface area contributed by atoms with E-state index in [0.29, 0.717) is 6.42 Å². The van der Waals surface area contributed by atoms with Gasteiger partial charge in [-0.25, -0.2) is 8.42 Å². The fourth-order valence-corrected chi connectivity index (χ4v) is 4.20. The Balaban J connectivity index is 2.54. The van der Waals surface area contributed by atoms with Crippen molar-refractivity contribution in [3.05, 3.63) is 28.3 Å². The molecule has 1 fully saturated rings. The number of nitro groups is 1. The van der Waals surface area contributed by atoms with Crippen LogP contribution in [0.15, 0.2) is 23.1 Å². The Kier molecular flexibility index (Phi) is 4.45. The summed E-state index contributed by atoms with van der Waals surface area (Å²) in [5.74, 6) is 0. The smallest absolute Gasteiger partial charge is 0.312 e. The maximum absolute atomic E-state index is 12.7. The van der Waals surface area contributed by atoms with Crippen molar-refractivity contribution in [2.24, 2.45) is 0 Å². The number of nitro benzene ring substituents is 1. The lowest BCUT2D eigenvalue weighted by atomic mass is 10.2. The van der Waals surface area contributed by atoms with Crippen LogP contribution in [0.3, 0.4) is 0 Å². The van der Waals surface area contributed by atoms with E-state index in [1.54, 1.807) is 0 Å². The van der Waals surface area contributed by atoms with Gasteiger partial charge in [0.1, 0.15) is 5.69 Å². The van der Waals surface area contributed by atoms with Gasteiger partial charge >= 0.3 is 5.69 Å². The van der Waals surface area contributed by atoms with Crippen LogP contribution in [0.5, 0.6) is 0 Å². The molecule has 1 unspecified atom stereocenters. The van der Waals surface area contributed by atoms with Gasteiger partial charge in [-0.05, 0) is 18.6 Å². The van der Waals surface area contributed by atoms with Crippen molar-refractivity contribution in [3.8, 4) is 0 Å². The third-order valence-electron chi connectivity index (χ3n) is 3.44. The van der Waals surface area contributed by atoms with Gasteiger partial charge in [0.25, 0.3) is 0 Å². The highest BCUT2D eigenvalue weighted by atomic mass is 32.2. The number of hydrogen-bond donors (Lipinski definition) is 1. The molecule has 8 nitrogen and oxygen atoms in total. The fourth-order valence-electron chi connectivity index (χ4n) is 2.35. The standard InChI is InChI=1S/C12H17N3O5S/c1-2-9-8-20-7-6-14(9)21(18,19)11-5-3-4-10(13)12(11)15(16)17/h3-5,9H,2,6-8,13H2,1H3. The Morgan fingerprint density at radius 2 is 2.24 bits per heavy atom. The van der Waals surface area contributed by atoms with Crippen LogP contribution in [0.2, 0.25) is 0 Å². The van der Waals surface area contributed by atoms with Crippen LogP contribution in [-0.2, 0) is 14.8 Å². The van der Waals surface area contributed by atoms with Gasteiger partial charge < -0.3 is 10.5 Å². The number of sulfonamides is 1. The number of nitrogens with two attached hydrogens (primary N) is 1. The van der Waals surface area contributed by atoms with Crippen LogP contribution in [0.1, 0.15) is 13.3 Å². The van der Waals surface area contributed by atoms with E-state index in [1.165, 1.54) is 22.5 Å².